The van der Waals surface area contributed by atoms with E-state index in [-0.39, 0.29) is 22.9 Å². The van der Waals surface area contributed by atoms with Crippen molar-refractivity contribution >= 4 is 28.0 Å². The fourth-order valence-electron chi connectivity index (χ4n) is 2.87. The lowest BCUT2D eigenvalue weighted by atomic mass is 10.1. The van der Waals surface area contributed by atoms with Crippen LogP contribution in [0.1, 0.15) is 21.5 Å². The normalized spacial score (nSPS) is 11.4. The van der Waals surface area contributed by atoms with Crippen molar-refractivity contribution in [3.63, 3.8) is 0 Å². The zero-order valence-corrected chi connectivity index (χ0v) is 19.3. The van der Waals surface area contributed by atoms with Crippen LogP contribution in [-0.2, 0) is 14.9 Å². The van der Waals surface area contributed by atoms with E-state index in [0.717, 1.165) is 5.56 Å². The van der Waals surface area contributed by atoms with Crippen LogP contribution in [0.3, 0.4) is 0 Å². The van der Waals surface area contributed by atoms with Crippen LogP contribution in [0, 0.1) is 6.92 Å². The molecule has 0 fully saturated rings. The van der Waals surface area contributed by atoms with Gasteiger partial charge in [-0.1, -0.05) is 54.1 Å². The van der Waals surface area contributed by atoms with Crippen molar-refractivity contribution in [3.05, 3.63) is 114 Å². The first-order chi connectivity index (χ1) is 16.3. The largest absolute Gasteiger partial charge is 0.379 e. The number of hydrogen-bond acceptors (Lipinski definition) is 5. The molecule has 0 saturated heterocycles. The van der Waals surface area contributed by atoms with Gasteiger partial charge in [-0.3, -0.25) is 9.59 Å². The average Bonchev–Trinajstić information content (AvgIpc) is 2.84. The quantitative estimate of drug-likeness (QED) is 0.278. The van der Waals surface area contributed by atoms with Crippen LogP contribution in [-0.4, -0.2) is 26.8 Å². The molecule has 7 nitrogen and oxygen atoms in total. The molecule has 174 valence electrons. The molecule has 0 bridgehead atoms. The SMILES string of the molecule is C=CCNC(=O)C(=Cc1ccc(OS(=O)(=O)c2ccc(C)cc2)cc1)NC(=O)c1ccccc1. The third-order valence-corrected chi connectivity index (χ3v) is 5.90. The molecule has 0 spiro atoms. The zero-order valence-electron chi connectivity index (χ0n) is 18.5. The fraction of sp³-hybridized carbons (Fsp3) is 0.0769. The Balaban J connectivity index is 1.80. The molecule has 0 saturated carbocycles. The fourth-order valence-corrected chi connectivity index (χ4v) is 3.80. The van der Waals surface area contributed by atoms with Gasteiger partial charge in [0.1, 0.15) is 16.3 Å². The first-order valence-corrected chi connectivity index (χ1v) is 11.8. The molecule has 8 heteroatoms. The summed E-state index contributed by atoms with van der Waals surface area (Å²) in [5.74, 6) is -0.820. The van der Waals surface area contributed by atoms with Gasteiger partial charge in [-0.05, 0) is 55.0 Å². The Morgan fingerprint density at radius 2 is 1.59 bits per heavy atom. The molecular formula is C26H24N2O5S. The van der Waals surface area contributed by atoms with Crippen LogP contribution in [0.5, 0.6) is 5.75 Å². The third kappa shape index (κ3) is 6.66. The van der Waals surface area contributed by atoms with E-state index in [1.54, 1.807) is 54.6 Å². The van der Waals surface area contributed by atoms with Crippen molar-refractivity contribution in [2.45, 2.75) is 11.8 Å². The number of benzene rings is 3. The summed E-state index contributed by atoms with van der Waals surface area (Å²) in [6, 6.07) is 20.9. The van der Waals surface area contributed by atoms with Crippen molar-refractivity contribution in [3.8, 4) is 5.75 Å². The second-order valence-electron chi connectivity index (χ2n) is 7.30. The lowest BCUT2D eigenvalue weighted by molar-refractivity contribution is -0.117. The van der Waals surface area contributed by atoms with Crippen LogP contribution in [0.4, 0.5) is 0 Å². The maximum atomic E-state index is 12.6. The smallest absolute Gasteiger partial charge is 0.339 e. The maximum Gasteiger partial charge on any atom is 0.339 e. The van der Waals surface area contributed by atoms with Crippen molar-refractivity contribution in [2.24, 2.45) is 0 Å². The number of nitrogens with one attached hydrogen (secondary N) is 2. The molecule has 3 aromatic rings. The van der Waals surface area contributed by atoms with E-state index in [9.17, 15) is 18.0 Å². The zero-order chi connectivity index (χ0) is 24.6. The minimum absolute atomic E-state index is 0.0247. The molecule has 0 unspecified atom stereocenters. The van der Waals surface area contributed by atoms with Crippen LogP contribution in [0.2, 0.25) is 0 Å². The lowest BCUT2D eigenvalue weighted by Gasteiger charge is -2.11. The minimum atomic E-state index is -3.98. The number of rotatable bonds is 9. The standard InChI is InChI=1S/C26H24N2O5S/c1-3-17-27-26(30)24(28-25(29)21-7-5-4-6-8-21)18-20-11-13-22(14-12-20)33-34(31,32)23-15-9-19(2)10-16-23/h3-16,18H,1,17H2,2H3,(H,27,30)(H,28,29). The Labute approximate surface area is 198 Å². The summed E-state index contributed by atoms with van der Waals surface area (Å²) in [5, 5.41) is 5.25. The minimum Gasteiger partial charge on any atom is -0.379 e. The Hall–Kier alpha value is -4.17. The van der Waals surface area contributed by atoms with Crippen molar-refractivity contribution < 1.29 is 22.2 Å². The summed E-state index contributed by atoms with van der Waals surface area (Å²) in [4.78, 5) is 25.2. The highest BCUT2D eigenvalue weighted by molar-refractivity contribution is 7.87. The molecule has 0 radical (unpaired) electrons. The summed E-state index contributed by atoms with van der Waals surface area (Å²) in [6.07, 6.45) is 3.01. The van der Waals surface area contributed by atoms with Gasteiger partial charge in [0.25, 0.3) is 11.8 Å². The van der Waals surface area contributed by atoms with Gasteiger partial charge in [0.05, 0.1) is 0 Å². The Kier molecular flexibility index (Phi) is 8.00. The predicted octanol–water partition coefficient (Wildman–Crippen LogP) is 3.84. The molecule has 2 N–H and O–H groups in total. The summed E-state index contributed by atoms with van der Waals surface area (Å²) in [6.45, 7) is 5.65. The first kappa shape index (κ1) is 24.5. The highest BCUT2D eigenvalue weighted by atomic mass is 32.2. The Morgan fingerprint density at radius 3 is 2.21 bits per heavy atom. The molecule has 0 aromatic heterocycles. The molecule has 3 aromatic carbocycles. The maximum absolute atomic E-state index is 12.6. The van der Waals surface area contributed by atoms with Gasteiger partial charge in [0.15, 0.2) is 0 Å². The molecule has 0 heterocycles. The number of amides is 2. The highest BCUT2D eigenvalue weighted by Crippen LogP contribution is 2.20. The van der Waals surface area contributed by atoms with Gasteiger partial charge in [-0.2, -0.15) is 8.42 Å². The van der Waals surface area contributed by atoms with E-state index in [2.05, 4.69) is 17.2 Å². The van der Waals surface area contributed by atoms with E-state index in [1.165, 1.54) is 36.4 Å². The van der Waals surface area contributed by atoms with Gasteiger partial charge < -0.3 is 14.8 Å². The van der Waals surface area contributed by atoms with E-state index in [4.69, 9.17) is 4.18 Å². The molecule has 3 rings (SSSR count). The molecule has 34 heavy (non-hydrogen) atoms. The number of carbonyl (C=O) groups is 2. The van der Waals surface area contributed by atoms with Gasteiger partial charge in [0.2, 0.25) is 0 Å². The molecule has 2 amide bonds. The predicted molar refractivity (Wildman–Crippen MR) is 131 cm³/mol. The molecule has 0 aliphatic rings. The second-order valence-corrected chi connectivity index (χ2v) is 8.84. The number of hydrogen-bond donors (Lipinski definition) is 2. The van der Waals surface area contributed by atoms with Crippen LogP contribution >= 0.6 is 0 Å². The van der Waals surface area contributed by atoms with E-state index >= 15 is 0 Å². The molecule has 0 aliphatic carbocycles. The molecular weight excluding hydrogens is 452 g/mol. The van der Waals surface area contributed by atoms with Crippen LogP contribution in [0.25, 0.3) is 6.08 Å². The van der Waals surface area contributed by atoms with Crippen molar-refractivity contribution in [1.82, 2.24) is 10.6 Å². The van der Waals surface area contributed by atoms with Crippen LogP contribution in [0.15, 0.2) is 102 Å². The van der Waals surface area contributed by atoms with Crippen LogP contribution < -0.4 is 14.8 Å². The summed E-state index contributed by atoms with van der Waals surface area (Å²) in [5.41, 5.74) is 1.91. The summed E-state index contributed by atoms with van der Waals surface area (Å²) >= 11 is 0. The van der Waals surface area contributed by atoms with Gasteiger partial charge in [-0.25, -0.2) is 0 Å². The first-order valence-electron chi connectivity index (χ1n) is 10.4. The van der Waals surface area contributed by atoms with E-state index < -0.39 is 21.9 Å². The monoisotopic (exact) mass is 476 g/mol. The summed E-state index contributed by atoms with van der Waals surface area (Å²) < 4.78 is 30.2. The number of aryl methyl sites for hydroxylation is 1. The Morgan fingerprint density at radius 1 is 0.941 bits per heavy atom. The third-order valence-electron chi connectivity index (χ3n) is 4.64. The van der Waals surface area contributed by atoms with Gasteiger partial charge in [0, 0.05) is 12.1 Å². The molecule has 0 atom stereocenters. The van der Waals surface area contributed by atoms with Gasteiger partial charge >= 0.3 is 10.1 Å². The summed E-state index contributed by atoms with van der Waals surface area (Å²) in [7, 11) is -3.98. The topological polar surface area (TPSA) is 102 Å². The Bertz CT molecular complexity index is 1300. The van der Waals surface area contributed by atoms with Crippen molar-refractivity contribution in [2.75, 3.05) is 6.54 Å². The average molecular weight is 477 g/mol. The second kappa shape index (κ2) is 11.1. The van der Waals surface area contributed by atoms with Crippen molar-refractivity contribution in [1.29, 1.82) is 0 Å². The van der Waals surface area contributed by atoms with Gasteiger partial charge in [-0.15, -0.1) is 6.58 Å². The van der Waals surface area contributed by atoms with E-state index in [0.29, 0.717) is 11.1 Å². The lowest BCUT2D eigenvalue weighted by Crippen LogP contribution is -2.34. The van der Waals surface area contributed by atoms with E-state index in [1.807, 2.05) is 6.92 Å². The number of carbonyl (C=O) groups excluding carboxylic acids is 2. The molecule has 0 aliphatic heterocycles. The highest BCUT2D eigenvalue weighted by Gasteiger charge is 2.17.